The Bertz CT molecular complexity index is 1010. The summed E-state index contributed by atoms with van der Waals surface area (Å²) in [5.41, 5.74) is 0.850. The SMILES string of the molecule is O=C(NCCn1nc(-c2ccco2)ccc1=O)C1(c2ccc(Cl)cc2)CC1. The van der Waals surface area contributed by atoms with E-state index in [-0.39, 0.29) is 18.0 Å². The highest BCUT2D eigenvalue weighted by Gasteiger charge is 2.50. The average Bonchev–Trinajstić information content (AvgIpc) is 3.30. The van der Waals surface area contributed by atoms with E-state index in [1.165, 1.54) is 10.7 Å². The summed E-state index contributed by atoms with van der Waals surface area (Å²) in [6, 6.07) is 14.0. The number of carbonyl (C=O) groups is 1. The van der Waals surface area contributed by atoms with E-state index in [1.807, 2.05) is 12.1 Å². The highest BCUT2D eigenvalue weighted by atomic mass is 35.5. The van der Waals surface area contributed by atoms with Gasteiger partial charge in [0.2, 0.25) is 5.91 Å². The van der Waals surface area contributed by atoms with Gasteiger partial charge in [-0.2, -0.15) is 5.10 Å². The molecule has 1 N–H and O–H groups in total. The summed E-state index contributed by atoms with van der Waals surface area (Å²) in [6.07, 6.45) is 3.18. The highest BCUT2D eigenvalue weighted by molar-refractivity contribution is 6.30. The Kier molecular flexibility index (Phi) is 4.58. The molecular weight excluding hydrogens is 366 g/mol. The Morgan fingerprint density at radius 3 is 2.63 bits per heavy atom. The lowest BCUT2D eigenvalue weighted by Crippen LogP contribution is -2.38. The fourth-order valence-corrected chi connectivity index (χ4v) is 3.28. The van der Waals surface area contributed by atoms with E-state index in [4.69, 9.17) is 16.0 Å². The summed E-state index contributed by atoms with van der Waals surface area (Å²) in [5.74, 6) is 0.563. The summed E-state index contributed by atoms with van der Waals surface area (Å²) in [5, 5.41) is 7.88. The molecule has 1 fully saturated rings. The summed E-state index contributed by atoms with van der Waals surface area (Å²) >= 11 is 5.93. The molecule has 138 valence electrons. The predicted molar refractivity (Wildman–Crippen MR) is 102 cm³/mol. The van der Waals surface area contributed by atoms with Crippen molar-refractivity contribution in [2.45, 2.75) is 24.8 Å². The topological polar surface area (TPSA) is 77.1 Å². The fourth-order valence-electron chi connectivity index (χ4n) is 3.15. The van der Waals surface area contributed by atoms with Gasteiger partial charge in [0, 0.05) is 17.6 Å². The van der Waals surface area contributed by atoms with Gasteiger partial charge in [0.25, 0.3) is 5.56 Å². The van der Waals surface area contributed by atoms with Crippen molar-refractivity contribution in [2.75, 3.05) is 6.54 Å². The van der Waals surface area contributed by atoms with Crippen molar-refractivity contribution in [3.8, 4) is 11.5 Å². The van der Waals surface area contributed by atoms with Gasteiger partial charge in [0.05, 0.1) is 18.2 Å². The van der Waals surface area contributed by atoms with Crippen molar-refractivity contribution in [3.63, 3.8) is 0 Å². The van der Waals surface area contributed by atoms with Gasteiger partial charge in [-0.25, -0.2) is 4.68 Å². The summed E-state index contributed by atoms with van der Waals surface area (Å²) in [4.78, 5) is 24.7. The number of nitrogens with zero attached hydrogens (tertiary/aromatic N) is 2. The van der Waals surface area contributed by atoms with E-state index in [0.717, 1.165) is 18.4 Å². The molecule has 1 aliphatic carbocycles. The molecule has 2 heterocycles. The second kappa shape index (κ2) is 7.04. The quantitative estimate of drug-likeness (QED) is 0.709. The zero-order valence-corrected chi connectivity index (χ0v) is 15.3. The number of nitrogens with one attached hydrogen (secondary N) is 1. The van der Waals surface area contributed by atoms with Crippen LogP contribution in [0.3, 0.4) is 0 Å². The molecule has 0 saturated heterocycles. The van der Waals surface area contributed by atoms with E-state index in [0.29, 0.717) is 23.0 Å². The Morgan fingerprint density at radius 2 is 1.96 bits per heavy atom. The van der Waals surface area contributed by atoms with Gasteiger partial charge >= 0.3 is 0 Å². The molecule has 0 bridgehead atoms. The zero-order chi connectivity index (χ0) is 18.9. The van der Waals surface area contributed by atoms with Crippen LogP contribution in [0.5, 0.6) is 0 Å². The fraction of sp³-hybridized carbons (Fsp3) is 0.250. The number of hydrogen-bond acceptors (Lipinski definition) is 4. The number of hydrogen-bond donors (Lipinski definition) is 1. The van der Waals surface area contributed by atoms with Crippen molar-refractivity contribution in [1.29, 1.82) is 0 Å². The van der Waals surface area contributed by atoms with Gasteiger partial charge in [-0.3, -0.25) is 9.59 Å². The molecular formula is C20H18ClN3O3. The summed E-state index contributed by atoms with van der Waals surface area (Å²) in [7, 11) is 0. The first kappa shape index (κ1) is 17.5. The minimum Gasteiger partial charge on any atom is -0.463 e. The third-order valence-electron chi connectivity index (χ3n) is 4.83. The van der Waals surface area contributed by atoms with Gasteiger partial charge in [-0.15, -0.1) is 0 Å². The molecule has 27 heavy (non-hydrogen) atoms. The maximum absolute atomic E-state index is 12.7. The van der Waals surface area contributed by atoms with E-state index in [9.17, 15) is 9.59 Å². The van der Waals surface area contributed by atoms with Crippen LogP contribution >= 0.6 is 11.6 Å². The molecule has 0 spiro atoms. The maximum atomic E-state index is 12.7. The molecule has 1 aromatic carbocycles. The Labute approximate surface area is 160 Å². The zero-order valence-electron chi connectivity index (χ0n) is 14.5. The van der Waals surface area contributed by atoms with Gasteiger partial charge in [-0.05, 0) is 48.7 Å². The second-order valence-corrected chi connectivity index (χ2v) is 7.04. The summed E-state index contributed by atoms with van der Waals surface area (Å²) < 4.78 is 6.64. The van der Waals surface area contributed by atoms with Gasteiger partial charge in [-0.1, -0.05) is 23.7 Å². The molecule has 4 rings (SSSR count). The lowest BCUT2D eigenvalue weighted by molar-refractivity contribution is -0.123. The molecule has 0 unspecified atom stereocenters. The first-order valence-corrected chi connectivity index (χ1v) is 9.13. The number of amides is 1. The van der Waals surface area contributed by atoms with Gasteiger partial charge < -0.3 is 9.73 Å². The molecule has 2 aromatic heterocycles. The standard InChI is InChI=1S/C20H18ClN3O3/c21-15-5-3-14(4-6-15)20(9-10-20)19(26)22-11-12-24-18(25)8-7-16(23-24)17-2-1-13-27-17/h1-8,13H,9-12H2,(H,22,26). The molecule has 0 aliphatic heterocycles. The number of rotatable bonds is 6. The van der Waals surface area contributed by atoms with E-state index >= 15 is 0 Å². The van der Waals surface area contributed by atoms with Crippen LogP contribution in [-0.4, -0.2) is 22.2 Å². The Morgan fingerprint density at radius 1 is 1.19 bits per heavy atom. The van der Waals surface area contributed by atoms with E-state index in [2.05, 4.69) is 10.4 Å². The molecule has 6 nitrogen and oxygen atoms in total. The number of aromatic nitrogens is 2. The van der Waals surface area contributed by atoms with Crippen LogP contribution in [0.2, 0.25) is 5.02 Å². The highest BCUT2D eigenvalue weighted by Crippen LogP contribution is 2.48. The molecule has 1 saturated carbocycles. The van der Waals surface area contributed by atoms with Gasteiger partial charge in [0.1, 0.15) is 5.69 Å². The predicted octanol–water partition coefficient (Wildman–Crippen LogP) is 3.00. The molecule has 0 atom stereocenters. The number of carbonyl (C=O) groups excluding carboxylic acids is 1. The van der Waals surface area contributed by atoms with E-state index in [1.54, 1.807) is 36.6 Å². The third kappa shape index (κ3) is 3.53. The molecule has 1 amide bonds. The van der Waals surface area contributed by atoms with Crippen molar-refractivity contribution in [2.24, 2.45) is 0 Å². The minimum absolute atomic E-state index is 0.0277. The molecule has 7 heteroatoms. The second-order valence-electron chi connectivity index (χ2n) is 6.60. The normalized spacial score (nSPS) is 14.7. The first-order valence-electron chi connectivity index (χ1n) is 8.75. The number of furan rings is 1. The van der Waals surface area contributed by atoms with Crippen molar-refractivity contribution in [3.05, 3.63) is 75.7 Å². The smallest absolute Gasteiger partial charge is 0.266 e. The van der Waals surface area contributed by atoms with Crippen LogP contribution in [0.15, 0.2) is 64.0 Å². The van der Waals surface area contributed by atoms with Gasteiger partial charge in [0.15, 0.2) is 5.76 Å². The molecule has 0 radical (unpaired) electrons. The maximum Gasteiger partial charge on any atom is 0.266 e. The number of benzene rings is 1. The van der Waals surface area contributed by atoms with Crippen LogP contribution in [0.4, 0.5) is 0 Å². The minimum atomic E-state index is -0.473. The Balaban J connectivity index is 1.41. The monoisotopic (exact) mass is 383 g/mol. The van der Waals surface area contributed by atoms with Crippen molar-refractivity contribution < 1.29 is 9.21 Å². The van der Waals surface area contributed by atoms with Crippen LogP contribution in [-0.2, 0) is 16.8 Å². The van der Waals surface area contributed by atoms with Crippen LogP contribution in [0.1, 0.15) is 18.4 Å². The molecule has 1 aliphatic rings. The average molecular weight is 384 g/mol. The summed E-state index contributed by atoms with van der Waals surface area (Å²) in [6.45, 7) is 0.610. The lowest BCUT2D eigenvalue weighted by atomic mass is 9.95. The van der Waals surface area contributed by atoms with Crippen LogP contribution < -0.4 is 10.9 Å². The Hall–Kier alpha value is -2.86. The third-order valence-corrected chi connectivity index (χ3v) is 5.08. The number of halogens is 1. The van der Waals surface area contributed by atoms with E-state index < -0.39 is 5.41 Å². The largest absolute Gasteiger partial charge is 0.463 e. The van der Waals surface area contributed by atoms with Crippen molar-refractivity contribution >= 4 is 17.5 Å². The first-order chi connectivity index (χ1) is 13.1. The van der Waals surface area contributed by atoms with Crippen molar-refractivity contribution in [1.82, 2.24) is 15.1 Å². The lowest BCUT2D eigenvalue weighted by Gasteiger charge is -2.16. The molecule has 3 aromatic rings. The van der Waals surface area contributed by atoms with Crippen LogP contribution in [0.25, 0.3) is 11.5 Å². The van der Waals surface area contributed by atoms with Crippen LogP contribution in [0, 0.1) is 0 Å².